The molecule has 11 heteroatoms. The van der Waals surface area contributed by atoms with E-state index < -0.39 is 8.07 Å². The highest BCUT2D eigenvalue weighted by Crippen LogP contribution is 2.38. The predicted molar refractivity (Wildman–Crippen MR) is 162 cm³/mol. The van der Waals surface area contributed by atoms with Gasteiger partial charge in [0.15, 0.2) is 5.58 Å². The highest BCUT2D eigenvalue weighted by molar-refractivity contribution is 6.76. The lowest BCUT2D eigenvalue weighted by atomic mass is 10.1. The molecule has 0 radical (unpaired) electrons. The molecule has 2 atom stereocenters. The summed E-state index contributed by atoms with van der Waals surface area (Å²) in [6.45, 7) is 12.7. The Balaban J connectivity index is 1.38. The molecule has 0 unspecified atom stereocenters. The first-order chi connectivity index (χ1) is 19.7. The van der Waals surface area contributed by atoms with Gasteiger partial charge < -0.3 is 24.1 Å². The second-order valence-corrected chi connectivity index (χ2v) is 18.0. The fourth-order valence-electron chi connectivity index (χ4n) is 5.12. The van der Waals surface area contributed by atoms with Gasteiger partial charge in [-0.2, -0.15) is 0 Å². The number of ether oxygens (including phenoxy) is 2. The lowest BCUT2D eigenvalue weighted by Gasteiger charge is -2.28. The molecule has 2 aliphatic rings. The van der Waals surface area contributed by atoms with E-state index in [1.54, 1.807) is 16.8 Å². The van der Waals surface area contributed by atoms with Gasteiger partial charge in [-0.05, 0) is 42.6 Å². The second kappa shape index (κ2) is 11.0. The van der Waals surface area contributed by atoms with Crippen LogP contribution in [-0.2, 0) is 21.0 Å². The lowest BCUT2D eigenvalue weighted by Crippen LogP contribution is -2.36. The summed E-state index contributed by atoms with van der Waals surface area (Å²) in [6, 6.07) is 8.72. The maximum absolute atomic E-state index is 13.5. The number of nitrogens with one attached hydrogen (secondary N) is 1. The van der Waals surface area contributed by atoms with Crippen LogP contribution in [0.2, 0.25) is 25.7 Å². The topological polar surface area (TPSA) is 112 Å². The predicted octanol–water partition coefficient (Wildman–Crippen LogP) is 4.95. The molecule has 1 saturated carbocycles. The van der Waals surface area contributed by atoms with Crippen LogP contribution in [0.15, 0.2) is 45.9 Å². The number of pyridine rings is 2. The number of aromatic nitrogens is 3. The van der Waals surface area contributed by atoms with Crippen LogP contribution in [0.5, 0.6) is 0 Å². The fourth-order valence-corrected chi connectivity index (χ4v) is 5.88. The molecule has 1 saturated heterocycles. The molecule has 1 aromatic carbocycles. The molecule has 2 fully saturated rings. The molecule has 0 bridgehead atoms. The molecule has 1 amide bonds. The first-order valence-corrected chi connectivity index (χ1v) is 18.0. The largest absolute Gasteiger partial charge is 0.436 e. The van der Waals surface area contributed by atoms with Gasteiger partial charge in [0.1, 0.15) is 18.1 Å². The smallest absolute Gasteiger partial charge is 0.261 e. The van der Waals surface area contributed by atoms with E-state index >= 15 is 0 Å². The number of nitrogens with zero attached hydrogens (tertiary/aromatic N) is 4. The molecular weight excluding hydrogens is 538 g/mol. The number of carbonyl (C=O) groups is 1. The molecule has 10 nitrogen and oxygen atoms in total. The summed E-state index contributed by atoms with van der Waals surface area (Å²) in [5.74, 6) is 1.12. The van der Waals surface area contributed by atoms with Crippen LogP contribution in [0.3, 0.4) is 0 Å². The minimum atomic E-state index is -1.27. The first-order valence-electron chi connectivity index (χ1n) is 14.3. The number of amides is 1. The highest BCUT2D eigenvalue weighted by atomic mass is 28.3. The zero-order valence-electron chi connectivity index (χ0n) is 24.1. The number of fused-ring (bicyclic) bond motifs is 2. The van der Waals surface area contributed by atoms with Crippen molar-refractivity contribution in [2.45, 2.75) is 45.8 Å². The van der Waals surface area contributed by atoms with Gasteiger partial charge in [-0.15, -0.1) is 0 Å². The summed E-state index contributed by atoms with van der Waals surface area (Å²) in [7, 11) is -1.27. The zero-order chi connectivity index (χ0) is 28.7. The van der Waals surface area contributed by atoms with E-state index in [0.29, 0.717) is 59.4 Å². The SMILES string of the molecule is C[C@@H]1C[C@@H]1C(=O)Nc1cc2c(-c3nc4cc(N5CCOCC5)ccc4o3)cn(COCC[Si](C)(C)C)c(=O)c2cn1. The summed E-state index contributed by atoms with van der Waals surface area (Å²) in [4.78, 5) is 37.6. The van der Waals surface area contributed by atoms with Gasteiger partial charge in [0, 0.05) is 57.2 Å². The maximum Gasteiger partial charge on any atom is 0.261 e. The molecule has 6 rings (SSSR count). The number of rotatable bonds is 9. The van der Waals surface area contributed by atoms with Gasteiger partial charge in [0.05, 0.1) is 24.2 Å². The van der Waals surface area contributed by atoms with Gasteiger partial charge in [0.25, 0.3) is 5.56 Å². The Hall–Kier alpha value is -3.54. The van der Waals surface area contributed by atoms with Crippen molar-refractivity contribution in [2.75, 3.05) is 43.1 Å². The minimum absolute atomic E-state index is 0.00554. The van der Waals surface area contributed by atoms with Gasteiger partial charge in [-0.3, -0.25) is 14.2 Å². The molecule has 1 aliphatic carbocycles. The van der Waals surface area contributed by atoms with Crippen LogP contribution in [-0.4, -0.2) is 61.4 Å². The number of benzene rings is 1. The van der Waals surface area contributed by atoms with Gasteiger partial charge >= 0.3 is 0 Å². The van der Waals surface area contributed by atoms with Crippen molar-refractivity contribution in [3.8, 4) is 11.5 Å². The molecule has 1 aliphatic heterocycles. The Morgan fingerprint density at radius 1 is 1.17 bits per heavy atom. The normalized spacial score (nSPS) is 19.2. The molecule has 4 heterocycles. The average Bonchev–Trinajstić information content (AvgIpc) is 3.54. The van der Waals surface area contributed by atoms with E-state index in [-0.39, 0.29) is 24.1 Å². The number of morpholine rings is 1. The Kier molecular flexibility index (Phi) is 7.43. The standard InChI is InChI=1S/C30H37N5O5Si/c1-19-13-21(19)28(36)33-27-15-22-23(16-31-27)30(37)35(18-39-11-12-41(2,3)4)17-24(22)29-32-25-14-20(5-6-26(25)40-29)34-7-9-38-10-8-34/h5-6,14-17,19,21H,7-13,18H2,1-4H3,(H,31,33,36)/t19-,21+/m1/s1. The van der Waals surface area contributed by atoms with Crippen LogP contribution >= 0.6 is 0 Å². The first kappa shape index (κ1) is 27.6. The van der Waals surface area contributed by atoms with Crippen molar-refractivity contribution in [1.82, 2.24) is 14.5 Å². The zero-order valence-corrected chi connectivity index (χ0v) is 25.1. The van der Waals surface area contributed by atoms with Gasteiger partial charge in [-0.1, -0.05) is 26.6 Å². The van der Waals surface area contributed by atoms with Crippen LogP contribution in [0.1, 0.15) is 13.3 Å². The fraction of sp³-hybridized carbons (Fsp3) is 0.467. The van der Waals surface area contributed by atoms with Crippen LogP contribution in [0, 0.1) is 11.8 Å². The van der Waals surface area contributed by atoms with E-state index in [9.17, 15) is 9.59 Å². The highest BCUT2D eigenvalue weighted by Gasteiger charge is 2.39. The summed E-state index contributed by atoms with van der Waals surface area (Å²) in [5, 5.41) is 3.94. The minimum Gasteiger partial charge on any atom is -0.436 e. The molecule has 0 spiro atoms. The number of anilines is 2. The maximum atomic E-state index is 13.5. The molecule has 216 valence electrons. The van der Waals surface area contributed by atoms with Crippen molar-refractivity contribution in [3.05, 3.63) is 47.0 Å². The lowest BCUT2D eigenvalue weighted by molar-refractivity contribution is -0.117. The Labute approximate surface area is 239 Å². The van der Waals surface area contributed by atoms with E-state index in [0.717, 1.165) is 36.8 Å². The van der Waals surface area contributed by atoms with Crippen molar-refractivity contribution in [3.63, 3.8) is 0 Å². The van der Waals surface area contributed by atoms with Gasteiger partial charge in [0.2, 0.25) is 11.8 Å². The van der Waals surface area contributed by atoms with Crippen LogP contribution in [0.25, 0.3) is 33.3 Å². The summed E-state index contributed by atoms with van der Waals surface area (Å²) < 4.78 is 19.2. The third-order valence-corrected chi connectivity index (χ3v) is 9.58. The Morgan fingerprint density at radius 2 is 1.95 bits per heavy atom. The van der Waals surface area contributed by atoms with E-state index in [1.807, 2.05) is 18.2 Å². The molecular formula is C30H37N5O5Si. The summed E-state index contributed by atoms with van der Waals surface area (Å²) >= 11 is 0. The monoisotopic (exact) mass is 575 g/mol. The van der Waals surface area contributed by atoms with Crippen molar-refractivity contribution in [1.29, 1.82) is 0 Å². The number of hydrogen-bond acceptors (Lipinski definition) is 8. The molecule has 3 aromatic heterocycles. The second-order valence-electron chi connectivity index (χ2n) is 12.4. The number of hydrogen-bond donors (Lipinski definition) is 1. The number of carbonyl (C=O) groups excluding carboxylic acids is 1. The van der Waals surface area contributed by atoms with Crippen molar-refractivity contribution in [2.24, 2.45) is 11.8 Å². The van der Waals surface area contributed by atoms with E-state index in [4.69, 9.17) is 18.9 Å². The molecule has 4 aromatic rings. The van der Waals surface area contributed by atoms with Crippen molar-refractivity contribution < 1.29 is 18.7 Å². The van der Waals surface area contributed by atoms with E-state index in [1.165, 1.54) is 6.20 Å². The van der Waals surface area contributed by atoms with Crippen molar-refractivity contribution >= 4 is 47.4 Å². The third-order valence-electron chi connectivity index (χ3n) is 7.87. The molecule has 1 N–H and O–H groups in total. The summed E-state index contributed by atoms with van der Waals surface area (Å²) in [6.07, 6.45) is 4.13. The van der Waals surface area contributed by atoms with Crippen LogP contribution in [0.4, 0.5) is 11.5 Å². The number of oxazole rings is 1. The van der Waals surface area contributed by atoms with Crippen LogP contribution < -0.4 is 15.8 Å². The summed E-state index contributed by atoms with van der Waals surface area (Å²) in [5.41, 5.74) is 2.86. The quantitative estimate of drug-likeness (QED) is 0.221. The molecule has 41 heavy (non-hydrogen) atoms. The Bertz CT molecular complexity index is 1650. The third kappa shape index (κ3) is 6.07. The van der Waals surface area contributed by atoms with Gasteiger partial charge in [-0.25, -0.2) is 9.97 Å². The Morgan fingerprint density at radius 3 is 2.68 bits per heavy atom. The average molecular weight is 576 g/mol. The van der Waals surface area contributed by atoms with E-state index in [2.05, 4.69) is 41.8 Å².